The summed E-state index contributed by atoms with van der Waals surface area (Å²) in [6.45, 7) is 4.88. The number of hydrogen-bond donors (Lipinski definition) is 0. The maximum Gasteiger partial charge on any atom is 0.343 e. The molecule has 0 radical (unpaired) electrons. The van der Waals surface area contributed by atoms with Gasteiger partial charge in [-0.05, 0) is 73.5 Å². The summed E-state index contributed by atoms with van der Waals surface area (Å²) in [6, 6.07) is 21.9. The molecule has 0 atom stereocenters. The Morgan fingerprint density at radius 3 is 2.03 bits per heavy atom. The maximum atomic E-state index is 12.4. The third kappa shape index (κ3) is 8.19. The van der Waals surface area contributed by atoms with E-state index in [1.165, 1.54) is 32.1 Å². The molecule has 0 amide bonds. The van der Waals surface area contributed by atoms with Gasteiger partial charge in [0.25, 0.3) is 0 Å². The smallest absolute Gasteiger partial charge is 0.343 e. The van der Waals surface area contributed by atoms with Crippen molar-refractivity contribution < 1.29 is 14.3 Å². The first-order valence-electron chi connectivity index (χ1n) is 11.7. The lowest BCUT2D eigenvalue weighted by Gasteiger charge is -2.07. The molecule has 0 fully saturated rings. The van der Waals surface area contributed by atoms with E-state index in [1.54, 1.807) is 30.3 Å². The van der Waals surface area contributed by atoms with Crippen LogP contribution >= 0.6 is 0 Å². The Morgan fingerprint density at radius 1 is 0.758 bits per heavy atom. The van der Waals surface area contributed by atoms with E-state index in [0.717, 1.165) is 30.0 Å². The zero-order valence-electron chi connectivity index (χ0n) is 19.5. The average Bonchev–Trinajstić information content (AvgIpc) is 2.84. The van der Waals surface area contributed by atoms with Crippen molar-refractivity contribution >= 4 is 17.3 Å². The Labute approximate surface area is 196 Å². The van der Waals surface area contributed by atoms with Crippen LogP contribution in [0.15, 0.2) is 83.0 Å². The topological polar surface area (TPSA) is 60.2 Å². The maximum absolute atomic E-state index is 12.4. The first kappa shape index (κ1) is 24.2. The number of para-hydroxylation sites is 1. The van der Waals surface area contributed by atoms with Crippen LogP contribution in [0.25, 0.3) is 0 Å². The predicted molar refractivity (Wildman–Crippen MR) is 132 cm³/mol. The van der Waals surface area contributed by atoms with E-state index in [-0.39, 0.29) is 0 Å². The lowest BCUT2D eigenvalue weighted by atomic mass is 10.1. The van der Waals surface area contributed by atoms with Crippen LogP contribution in [-0.4, -0.2) is 12.6 Å². The molecule has 0 N–H and O–H groups in total. The average molecular weight is 445 g/mol. The second kappa shape index (κ2) is 13.2. The highest BCUT2D eigenvalue weighted by atomic mass is 16.5. The number of carbonyl (C=O) groups is 1. The highest BCUT2D eigenvalue weighted by molar-refractivity contribution is 5.91. The van der Waals surface area contributed by atoms with E-state index in [0.29, 0.717) is 17.0 Å². The minimum atomic E-state index is -0.399. The normalized spacial score (nSPS) is 11.0. The van der Waals surface area contributed by atoms with Gasteiger partial charge in [0, 0.05) is 0 Å². The molecule has 3 aromatic rings. The molecule has 0 aromatic heterocycles. The van der Waals surface area contributed by atoms with E-state index in [2.05, 4.69) is 17.2 Å². The number of aryl methyl sites for hydroxylation is 1. The first-order chi connectivity index (χ1) is 16.2. The fourth-order valence-corrected chi connectivity index (χ4v) is 3.29. The number of azo groups is 1. The van der Waals surface area contributed by atoms with Crippen LogP contribution in [0, 0.1) is 6.92 Å². The zero-order valence-corrected chi connectivity index (χ0v) is 19.5. The SMILES string of the molecule is CCCCCCCCOc1ccc(N=Nc2ccc(C(=O)Oc3ccccc3C)cc2)cc1. The molecule has 0 saturated heterocycles. The summed E-state index contributed by atoms with van der Waals surface area (Å²) in [4.78, 5) is 12.4. The molecule has 0 aliphatic carbocycles. The Hall–Kier alpha value is -3.47. The van der Waals surface area contributed by atoms with E-state index < -0.39 is 5.97 Å². The van der Waals surface area contributed by atoms with Crippen LogP contribution in [0.1, 0.15) is 61.4 Å². The second-order valence-electron chi connectivity index (χ2n) is 8.01. The zero-order chi connectivity index (χ0) is 23.3. The number of esters is 1. The molecule has 5 heteroatoms. The minimum Gasteiger partial charge on any atom is -0.494 e. The number of ether oxygens (including phenoxy) is 2. The molecule has 172 valence electrons. The lowest BCUT2D eigenvalue weighted by Crippen LogP contribution is -2.08. The molecule has 0 saturated carbocycles. The summed E-state index contributed by atoms with van der Waals surface area (Å²) in [5.41, 5.74) is 2.77. The van der Waals surface area contributed by atoms with Crippen molar-refractivity contribution in [1.82, 2.24) is 0 Å². The number of unbranched alkanes of at least 4 members (excludes halogenated alkanes) is 5. The van der Waals surface area contributed by atoms with Gasteiger partial charge in [-0.2, -0.15) is 10.2 Å². The highest BCUT2D eigenvalue weighted by Crippen LogP contribution is 2.23. The van der Waals surface area contributed by atoms with Gasteiger partial charge in [0.05, 0.1) is 23.5 Å². The summed E-state index contributed by atoms with van der Waals surface area (Å²) in [5.74, 6) is 1.01. The summed E-state index contributed by atoms with van der Waals surface area (Å²) in [7, 11) is 0. The molecule has 0 aliphatic heterocycles. The predicted octanol–water partition coefficient (Wildman–Crippen LogP) is 8.37. The van der Waals surface area contributed by atoms with Gasteiger partial charge in [-0.15, -0.1) is 0 Å². The third-order valence-corrected chi connectivity index (χ3v) is 5.28. The van der Waals surface area contributed by atoms with Crippen molar-refractivity contribution in [2.75, 3.05) is 6.61 Å². The van der Waals surface area contributed by atoms with Crippen molar-refractivity contribution in [3.05, 3.63) is 83.9 Å². The molecule has 3 aromatic carbocycles. The van der Waals surface area contributed by atoms with E-state index >= 15 is 0 Å². The molecule has 0 spiro atoms. The second-order valence-corrected chi connectivity index (χ2v) is 8.01. The largest absolute Gasteiger partial charge is 0.494 e. The van der Waals surface area contributed by atoms with Crippen LogP contribution < -0.4 is 9.47 Å². The summed E-state index contributed by atoms with van der Waals surface area (Å²) < 4.78 is 11.3. The van der Waals surface area contributed by atoms with Crippen molar-refractivity contribution in [1.29, 1.82) is 0 Å². The standard InChI is InChI=1S/C28H32N2O3/c1-3-4-5-6-7-10-21-32-26-19-17-25(18-20-26)30-29-24-15-13-23(14-16-24)28(31)33-27-12-9-8-11-22(27)2/h8-9,11-20H,3-7,10,21H2,1-2H3. The van der Waals surface area contributed by atoms with Crippen molar-refractivity contribution in [3.8, 4) is 11.5 Å². The monoisotopic (exact) mass is 444 g/mol. The van der Waals surface area contributed by atoms with Gasteiger partial charge in [-0.25, -0.2) is 4.79 Å². The number of nitrogens with zero attached hydrogens (tertiary/aromatic N) is 2. The first-order valence-corrected chi connectivity index (χ1v) is 11.7. The van der Waals surface area contributed by atoms with Gasteiger partial charge in [0.2, 0.25) is 0 Å². The molecular weight excluding hydrogens is 412 g/mol. The van der Waals surface area contributed by atoms with Crippen molar-refractivity contribution in [3.63, 3.8) is 0 Å². The Balaban J connectivity index is 1.45. The number of rotatable bonds is 12. The summed E-state index contributed by atoms with van der Waals surface area (Å²) in [5, 5.41) is 8.51. The van der Waals surface area contributed by atoms with Gasteiger partial charge in [-0.1, -0.05) is 57.2 Å². The fraction of sp³-hybridized carbons (Fsp3) is 0.321. The molecule has 0 unspecified atom stereocenters. The molecule has 3 rings (SSSR count). The minimum absolute atomic E-state index is 0.399. The van der Waals surface area contributed by atoms with Crippen LogP contribution in [0.4, 0.5) is 11.4 Å². The Bertz CT molecular complexity index is 1030. The fourth-order valence-electron chi connectivity index (χ4n) is 3.29. The van der Waals surface area contributed by atoms with Crippen LogP contribution in [0.3, 0.4) is 0 Å². The summed E-state index contributed by atoms with van der Waals surface area (Å²) in [6.07, 6.45) is 7.49. The quantitative estimate of drug-likeness (QED) is 0.122. The Morgan fingerprint density at radius 2 is 1.36 bits per heavy atom. The summed E-state index contributed by atoms with van der Waals surface area (Å²) >= 11 is 0. The number of hydrogen-bond acceptors (Lipinski definition) is 5. The molecule has 0 aliphatic rings. The van der Waals surface area contributed by atoms with Gasteiger partial charge < -0.3 is 9.47 Å². The highest BCUT2D eigenvalue weighted by Gasteiger charge is 2.09. The lowest BCUT2D eigenvalue weighted by molar-refractivity contribution is 0.0733. The molecule has 33 heavy (non-hydrogen) atoms. The van der Waals surface area contributed by atoms with E-state index in [9.17, 15) is 4.79 Å². The molecule has 5 nitrogen and oxygen atoms in total. The van der Waals surface area contributed by atoms with Gasteiger partial charge in [0.15, 0.2) is 0 Å². The van der Waals surface area contributed by atoms with Crippen LogP contribution in [0.2, 0.25) is 0 Å². The third-order valence-electron chi connectivity index (χ3n) is 5.28. The van der Waals surface area contributed by atoms with Gasteiger partial charge in [0.1, 0.15) is 11.5 Å². The van der Waals surface area contributed by atoms with Gasteiger partial charge >= 0.3 is 5.97 Å². The van der Waals surface area contributed by atoms with Crippen LogP contribution in [0.5, 0.6) is 11.5 Å². The number of carbonyl (C=O) groups excluding carboxylic acids is 1. The van der Waals surface area contributed by atoms with Crippen molar-refractivity contribution in [2.45, 2.75) is 52.4 Å². The van der Waals surface area contributed by atoms with E-state index in [1.807, 2.05) is 49.4 Å². The molecule has 0 bridgehead atoms. The van der Waals surface area contributed by atoms with Gasteiger partial charge in [-0.3, -0.25) is 0 Å². The van der Waals surface area contributed by atoms with E-state index in [4.69, 9.17) is 9.47 Å². The molecular formula is C28H32N2O3. The van der Waals surface area contributed by atoms with Crippen molar-refractivity contribution in [2.24, 2.45) is 10.2 Å². The number of benzene rings is 3. The Kier molecular flexibility index (Phi) is 9.64. The molecule has 0 heterocycles. The van der Waals surface area contributed by atoms with Crippen LogP contribution in [-0.2, 0) is 0 Å².